The van der Waals surface area contributed by atoms with Gasteiger partial charge < -0.3 is 4.57 Å². The van der Waals surface area contributed by atoms with Crippen molar-refractivity contribution in [1.29, 1.82) is 0 Å². The summed E-state index contributed by atoms with van der Waals surface area (Å²) in [6, 6.07) is 13.5. The molecule has 0 aliphatic rings. The summed E-state index contributed by atoms with van der Waals surface area (Å²) in [5.41, 5.74) is 4.59. The van der Waals surface area contributed by atoms with E-state index in [0.717, 1.165) is 27.6 Å². The van der Waals surface area contributed by atoms with Crippen LogP contribution in [0.3, 0.4) is 0 Å². The minimum atomic E-state index is -3.84. The predicted octanol–water partition coefficient (Wildman–Crippen LogP) is 3.11. The molecule has 3 aromatic rings. The lowest BCUT2D eigenvalue weighted by Gasteiger charge is -2.07. The second kappa shape index (κ2) is 4.97. The van der Waals surface area contributed by atoms with Crippen molar-refractivity contribution in [2.75, 3.05) is 0 Å². The van der Waals surface area contributed by atoms with Crippen LogP contribution in [0.25, 0.3) is 22.0 Å². The van der Waals surface area contributed by atoms with Crippen molar-refractivity contribution in [2.24, 2.45) is 12.2 Å². The Morgan fingerprint density at radius 3 is 2.23 bits per heavy atom. The van der Waals surface area contributed by atoms with Crippen LogP contribution in [0.5, 0.6) is 0 Å². The lowest BCUT2D eigenvalue weighted by Crippen LogP contribution is -2.16. The number of benzene rings is 2. The molecule has 1 heterocycles. The minimum Gasteiger partial charge on any atom is -0.333 e. The maximum absolute atomic E-state index is 12.2. The Kier molecular flexibility index (Phi) is 3.34. The highest BCUT2D eigenvalue weighted by Crippen LogP contribution is 2.39. The van der Waals surface area contributed by atoms with Gasteiger partial charge in [-0.2, -0.15) is 0 Å². The van der Waals surface area contributed by atoms with Crippen LogP contribution in [0.1, 0.15) is 11.1 Å². The molecule has 3 rings (SSSR count). The van der Waals surface area contributed by atoms with Gasteiger partial charge in [0.15, 0.2) is 5.03 Å². The number of rotatable bonds is 2. The molecule has 22 heavy (non-hydrogen) atoms. The fourth-order valence-corrected chi connectivity index (χ4v) is 3.97. The fourth-order valence-electron chi connectivity index (χ4n) is 2.99. The fraction of sp³-hybridized carbons (Fsp3) is 0.176. The molecule has 0 aliphatic heterocycles. The average Bonchev–Trinajstić information content (AvgIpc) is 2.77. The summed E-state index contributed by atoms with van der Waals surface area (Å²) in [5, 5.41) is 6.60. The van der Waals surface area contributed by atoms with E-state index < -0.39 is 10.0 Å². The molecule has 5 heteroatoms. The molecule has 0 amide bonds. The Hall–Kier alpha value is -2.11. The van der Waals surface area contributed by atoms with Gasteiger partial charge in [-0.05, 0) is 36.6 Å². The largest absolute Gasteiger partial charge is 0.333 e. The smallest absolute Gasteiger partial charge is 0.254 e. The highest BCUT2D eigenvalue weighted by Gasteiger charge is 2.25. The van der Waals surface area contributed by atoms with Crippen molar-refractivity contribution in [3.8, 4) is 11.1 Å². The molecule has 0 aliphatic carbocycles. The first kappa shape index (κ1) is 14.8. The Balaban J connectivity index is 2.60. The highest BCUT2D eigenvalue weighted by atomic mass is 32.2. The Morgan fingerprint density at radius 2 is 1.64 bits per heavy atom. The van der Waals surface area contributed by atoms with Crippen LogP contribution in [0.2, 0.25) is 0 Å². The van der Waals surface area contributed by atoms with Crippen molar-refractivity contribution in [3.63, 3.8) is 0 Å². The third-order valence-corrected chi connectivity index (χ3v) is 5.19. The van der Waals surface area contributed by atoms with Crippen LogP contribution in [0.15, 0.2) is 47.5 Å². The number of nitrogens with two attached hydrogens (primary N) is 1. The van der Waals surface area contributed by atoms with E-state index in [1.54, 1.807) is 11.6 Å². The van der Waals surface area contributed by atoms with E-state index >= 15 is 0 Å². The van der Waals surface area contributed by atoms with Crippen LogP contribution in [-0.4, -0.2) is 13.0 Å². The summed E-state index contributed by atoms with van der Waals surface area (Å²) < 4.78 is 26.0. The molecule has 114 valence electrons. The van der Waals surface area contributed by atoms with Crippen LogP contribution >= 0.6 is 0 Å². The third kappa shape index (κ3) is 2.14. The van der Waals surface area contributed by atoms with E-state index in [-0.39, 0.29) is 5.03 Å². The van der Waals surface area contributed by atoms with Gasteiger partial charge in [-0.1, -0.05) is 36.4 Å². The molecule has 0 unspecified atom stereocenters. The van der Waals surface area contributed by atoms with Gasteiger partial charge in [0, 0.05) is 23.5 Å². The molecule has 0 radical (unpaired) electrons. The van der Waals surface area contributed by atoms with Gasteiger partial charge in [-0.25, -0.2) is 13.6 Å². The van der Waals surface area contributed by atoms with Crippen LogP contribution in [0, 0.1) is 13.8 Å². The first-order valence-electron chi connectivity index (χ1n) is 6.99. The SMILES string of the molecule is Cc1ccc2c(c1C)c(-c1ccccc1)c(S(N)(=O)=O)n2C. The molecule has 2 N–H and O–H groups in total. The second-order valence-electron chi connectivity index (χ2n) is 5.55. The van der Waals surface area contributed by atoms with Crippen LogP contribution in [-0.2, 0) is 17.1 Å². The predicted molar refractivity (Wildman–Crippen MR) is 89.2 cm³/mol. The maximum atomic E-state index is 12.2. The van der Waals surface area contributed by atoms with E-state index in [2.05, 4.69) is 0 Å². The Morgan fingerprint density at radius 1 is 1.00 bits per heavy atom. The van der Waals surface area contributed by atoms with Crippen molar-refractivity contribution in [3.05, 3.63) is 53.6 Å². The van der Waals surface area contributed by atoms with Gasteiger partial charge in [0.25, 0.3) is 10.0 Å². The third-order valence-electron chi connectivity index (χ3n) is 4.18. The normalized spacial score (nSPS) is 12.0. The van der Waals surface area contributed by atoms with E-state index in [0.29, 0.717) is 5.56 Å². The second-order valence-corrected chi connectivity index (χ2v) is 7.03. The van der Waals surface area contributed by atoms with E-state index in [1.807, 2.05) is 56.3 Å². The maximum Gasteiger partial charge on any atom is 0.254 e. The number of hydrogen-bond donors (Lipinski definition) is 1. The number of nitrogens with zero attached hydrogens (tertiary/aromatic N) is 1. The Labute approximate surface area is 130 Å². The zero-order valence-corrected chi connectivity index (χ0v) is 13.6. The van der Waals surface area contributed by atoms with Gasteiger partial charge in [0.1, 0.15) is 0 Å². The number of primary sulfonamides is 1. The van der Waals surface area contributed by atoms with Crippen molar-refractivity contribution in [1.82, 2.24) is 4.57 Å². The summed E-state index contributed by atoms with van der Waals surface area (Å²) in [7, 11) is -2.10. The molecule has 0 bridgehead atoms. The number of fused-ring (bicyclic) bond motifs is 1. The molecule has 0 atom stereocenters. The summed E-state index contributed by atoms with van der Waals surface area (Å²) in [4.78, 5) is 0. The molecule has 0 fully saturated rings. The molecule has 2 aromatic carbocycles. The van der Waals surface area contributed by atoms with Gasteiger partial charge in [0.05, 0.1) is 0 Å². The van der Waals surface area contributed by atoms with E-state index in [9.17, 15) is 8.42 Å². The molecular formula is C17H18N2O2S. The zero-order valence-electron chi connectivity index (χ0n) is 12.8. The lowest BCUT2D eigenvalue weighted by molar-refractivity contribution is 0.589. The summed E-state index contributed by atoms with van der Waals surface area (Å²) >= 11 is 0. The Bertz CT molecular complexity index is 971. The van der Waals surface area contributed by atoms with E-state index in [4.69, 9.17) is 5.14 Å². The van der Waals surface area contributed by atoms with Crippen molar-refractivity contribution in [2.45, 2.75) is 18.9 Å². The van der Waals surface area contributed by atoms with Gasteiger partial charge in [-0.15, -0.1) is 0 Å². The quantitative estimate of drug-likeness (QED) is 0.790. The van der Waals surface area contributed by atoms with E-state index in [1.165, 1.54) is 0 Å². The molecule has 0 saturated heterocycles. The van der Waals surface area contributed by atoms with Gasteiger partial charge in [0.2, 0.25) is 0 Å². The number of sulfonamides is 1. The molecule has 1 aromatic heterocycles. The first-order chi connectivity index (χ1) is 10.3. The van der Waals surface area contributed by atoms with Crippen LogP contribution < -0.4 is 5.14 Å². The van der Waals surface area contributed by atoms with Gasteiger partial charge in [-0.3, -0.25) is 0 Å². The van der Waals surface area contributed by atoms with Crippen molar-refractivity contribution < 1.29 is 8.42 Å². The standard InChI is InChI=1S/C17H18N2O2S/c1-11-9-10-14-15(12(11)2)16(13-7-5-4-6-8-13)17(19(14)3)22(18,20)21/h4-10H,1-3H3,(H2,18,20,21). The monoisotopic (exact) mass is 314 g/mol. The number of aromatic nitrogens is 1. The summed E-state index contributed by atoms with van der Waals surface area (Å²) in [6.45, 7) is 4.03. The van der Waals surface area contributed by atoms with Gasteiger partial charge >= 0.3 is 0 Å². The first-order valence-corrected chi connectivity index (χ1v) is 8.54. The molecule has 4 nitrogen and oxygen atoms in total. The average molecular weight is 314 g/mol. The lowest BCUT2D eigenvalue weighted by atomic mass is 9.98. The molecular weight excluding hydrogens is 296 g/mol. The molecule has 0 saturated carbocycles. The summed E-state index contributed by atoms with van der Waals surface area (Å²) in [5.74, 6) is 0. The number of aryl methyl sites for hydroxylation is 3. The zero-order chi connectivity index (χ0) is 16.1. The van der Waals surface area contributed by atoms with Crippen molar-refractivity contribution >= 4 is 20.9 Å². The molecule has 0 spiro atoms. The number of hydrogen-bond acceptors (Lipinski definition) is 2. The summed E-state index contributed by atoms with van der Waals surface area (Å²) in [6.07, 6.45) is 0. The van der Waals surface area contributed by atoms with Crippen LogP contribution in [0.4, 0.5) is 0 Å². The minimum absolute atomic E-state index is 0.155. The topological polar surface area (TPSA) is 65.1 Å². The highest BCUT2D eigenvalue weighted by molar-refractivity contribution is 7.89.